The molecule has 0 radical (unpaired) electrons. The molecule has 5 nitrogen and oxygen atoms in total. The van der Waals surface area contributed by atoms with E-state index in [2.05, 4.69) is 10.3 Å². The van der Waals surface area contributed by atoms with Gasteiger partial charge in [0, 0.05) is 47.2 Å². The molecule has 1 aliphatic heterocycles. The molecule has 38 heavy (non-hydrogen) atoms. The number of aromatic nitrogens is 1. The summed E-state index contributed by atoms with van der Waals surface area (Å²) < 4.78 is 80.8. The van der Waals surface area contributed by atoms with Crippen molar-refractivity contribution in [1.82, 2.24) is 4.98 Å². The topological polar surface area (TPSA) is 62.3 Å². The number of nitrogens with zero attached hydrogens (tertiary/aromatic N) is 2. The highest BCUT2D eigenvalue weighted by molar-refractivity contribution is 7.90. The van der Waals surface area contributed by atoms with Gasteiger partial charge in [-0.3, -0.25) is 4.98 Å². The number of anilines is 2. The zero-order valence-electron chi connectivity index (χ0n) is 20.5. The molecule has 0 saturated carbocycles. The number of aryl methyl sites for hydroxylation is 2. The molecule has 0 bridgehead atoms. The summed E-state index contributed by atoms with van der Waals surface area (Å²) in [6, 6.07) is 11.0. The summed E-state index contributed by atoms with van der Waals surface area (Å²) in [6.45, 7) is 4.53. The van der Waals surface area contributed by atoms with Crippen LogP contribution in [0.5, 0.6) is 0 Å². The van der Waals surface area contributed by atoms with E-state index in [0.717, 1.165) is 33.3 Å². The zero-order chi connectivity index (χ0) is 27.5. The van der Waals surface area contributed by atoms with Gasteiger partial charge in [-0.2, -0.15) is 0 Å². The number of fused-ring (bicyclic) bond motifs is 1. The fraction of sp³-hybridized carbons (Fsp3) is 0.222. The zero-order valence-corrected chi connectivity index (χ0v) is 22.1. The summed E-state index contributed by atoms with van der Waals surface area (Å²) in [5.74, 6) is -7.50. The minimum absolute atomic E-state index is 0.255. The molecule has 0 atom stereocenters. The van der Waals surface area contributed by atoms with Crippen molar-refractivity contribution in [3.8, 4) is 11.1 Å². The Balaban J connectivity index is 1.42. The van der Waals surface area contributed by atoms with Crippen molar-refractivity contribution >= 4 is 43.7 Å². The van der Waals surface area contributed by atoms with Crippen molar-refractivity contribution in [3.05, 3.63) is 82.0 Å². The van der Waals surface area contributed by atoms with E-state index in [1.54, 1.807) is 12.3 Å². The predicted octanol–water partition coefficient (Wildman–Crippen LogP) is 6.43. The van der Waals surface area contributed by atoms with Crippen LogP contribution in [0.25, 0.3) is 22.0 Å². The lowest BCUT2D eigenvalue weighted by Gasteiger charge is -2.42. The van der Waals surface area contributed by atoms with E-state index in [9.17, 15) is 26.0 Å². The first-order valence-electron chi connectivity index (χ1n) is 11.6. The van der Waals surface area contributed by atoms with Gasteiger partial charge in [0.25, 0.3) is 0 Å². The fourth-order valence-electron chi connectivity index (χ4n) is 4.89. The molecule has 0 amide bonds. The molecule has 0 spiro atoms. The van der Waals surface area contributed by atoms with Crippen molar-refractivity contribution in [2.45, 2.75) is 24.8 Å². The highest BCUT2D eigenvalue weighted by atomic mass is 35.5. The molecular weight excluding hydrogens is 542 g/mol. The van der Waals surface area contributed by atoms with Crippen molar-refractivity contribution in [2.75, 3.05) is 29.6 Å². The normalized spacial score (nSPS) is 14.2. The van der Waals surface area contributed by atoms with Crippen molar-refractivity contribution in [3.63, 3.8) is 0 Å². The highest BCUT2D eigenvalue weighted by Gasteiger charge is 2.34. The minimum atomic E-state index is -4.52. The number of pyridine rings is 1. The lowest BCUT2D eigenvalue weighted by Crippen LogP contribution is -2.55. The number of rotatable bonds is 5. The number of nitrogens with one attached hydrogen (secondary N) is 1. The summed E-state index contributed by atoms with van der Waals surface area (Å²) in [6.07, 6.45) is 2.12. The molecule has 0 unspecified atom stereocenters. The predicted molar refractivity (Wildman–Crippen MR) is 141 cm³/mol. The molecule has 198 valence electrons. The van der Waals surface area contributed by atoms with Gasteiger partial charge in [0.2, 0.25) is 0 Å². The van der Waals surface area contributed by atoms with E-state index in [1.165, 1.54) is 0 Å². The van der Waals surface area contributed by atoms with E-state index >= 15 is 0 Å². The van der Waals surface area contributed by atoms with Crippen molar-refractivity contribution in [2.24, 2.45) is 0 Å². The van der Waals surface area contributed by atoms with Crippen LogP contribution in [-0.4, -0.2) is 38.8 Å². The first-order chi connectivity index (χ1) is 17.9. The third-order valence-corrected chi connectivity index (χ3v) is 8.14. The van der Waals surface area contributed by atoms with E-state index in [0.29, 0.717) is 16.8 Å². The molecule has 4 aromatic rings. The molecule has 2 heterocycles. The van der Waals surface area contributed by atoms with Crippen LogP contribution in [0.4, 0.5) is 28.9 Å². The second kappa shape index (κ2) is 9.43. The van der Waals surface area contributed by atoms with Gasteiger partial charge < -0.3 is 10.2 Å². The molecule has 11 heteroatoms. The number of benzene rings is 3. The molecular formula is C27H22ClF4N3O2S. The maximum Gasteiger partial charge on any atom is 0.186 e. The average molecular weight is 564 g/mol. The van der Waals surface area contributed by atoms with Crippen LogP contribution < -0.4 is 10.2 Å². The molecule has 1 aliphatic rings. The summed E-state index contributed by atoms with van der Waals surface area (Å²) in [4.78, 5) is 4.77. The van der Waals surface area contributed by atoms with Crippen LogP contribution in [0.2, 0.25) is 5.02 Å². The molecule has 3 aromatic carbocycles. The van der Waals surface area contributed by atoms with Crippen LogP contribution in [-0.2, 0) is 9.84 Å². The third kappa shape index (κ3) is 4.35. The maximum atomic E-state index is 14.5. The number of hydrogen-bond acceptors (Lipinski definition) is 5. The minimum Gasteiger partial charge on any atom is -0.374 e. The molecule has 0 aliphatic carbocycles. The Morgan fingerprint density at radius 3 is 2.16 bits per heavy atom. The van der Waals surface area contributed by atoms with Gasteiger partial charge in [0.05, 0.1) is 11.6 Å². The van der Waals surface area contributed by atoms with Gasteiger partial charge in [-0.15, -0.1) is 0 Å². The van der Waals surface area contributed by atoms with Gasteiger partial charge in [-0.25, -0.2) is 26.0 Å². The van der Waals surface area contributed by atoms with E-state index < -0.39 is 49.7 Å². The summed E-state index contributed by atoms with van der Waals surface area (Å²) >= 11 is 6.71. The van der Waals surface area contributed by atoms with Crippen molar-refractivity contribution < 1.29 is 26.0 Å². The third-order valence-electron chi connectivity index (χ3n) is 6.72. The SMILES string of the molecule is Cc1cccc(C)c1-c1cc2nccc(N3CC(Nc4c(F)c(F)c(S(C)(=O)=O)c(F)c4F)C3)c2cc1Cl. The second-order valence-electron chi connectivity index (χ2n) is 9.42. The van der Waals surface area contributed by atoms with Gasteiger partial charge in [-0.1, -0.05) is 29.8 Å². The average Bonchev–Trinajstić information content (AvgIpc) is 2.81. The Kier molecular flexibility index (Phi) is 6.51. The van der Waals surface area contributed by atoms with E-state index in [4.69, 9.17) is 11.6 Å². The largest absolute Gasteiger partial charge is 0.374 e. The molecule has 5 rings (SSSR count). The van der Waals surface area contributed by atoms with Crippen LogP contribution >= 0.6 is 11.6 Å². The monoisotopic (exact) mass is 563 g/mol. The van der Waals surface area contributed by atoms with Gasteiger partial charge in [-0.05, 0) is 48.7 Å². The first-order valence-corrected chi connectivity index (χ1v) is 13.9. The smallest absolute Gasteiger partial charge is 0.186 e. The Morgan fingerprint density at radius 1 is 0.974 bits per heavy atom. The molecule has 1 N–H and O–H groups in total. The molecule has 1 fully saturated rings. The maximum absolute atomic E-state index is 14.5. The van der Waals surface area contributed by atoms with E-state index in [-0.39, 0.29) is 13.1 Å². The molecule has 1 aromatic heterocycles. The van der Waals surface area contributed by atoms with Crippen LogP contribution in [0.1, 0.15) is 11.1 Å². The van der Waals surface area contributed by atoms with E-state index in [1.807, 2.05) is 49.1 Å². The number of sulfone groups is 1. The lowest BCUT2D eigenvalue weighted by molar-refractivity contribution is 0.420. The Morgan fingerprint density at radius 2 is 1.58 bits per heavy atom. The summed E-state index contributed by atoms with van der Waals surface area (Å²) in [5, 5.41) is 3.79. The first kappa shape index (κ1) is 26.2. The Labute approximate surface area is 222 Å². The number of halogens is 5. The standard InChI is InChI=1S/C27H22ClF4N3O2S/c1-13-5-4-6-14(2)21(13)16-10-19-17(9-18(16)28)20(7-8-33-19)35-11-15(12-35)34-26-22(29)24(31)27(38(3,36)37)25(32)23(26)30/h4-10,15,34H,11-12H2,1-3H3. The lowest BCUT2D eigenvalue weighted by atomic mass is 9.94. The van der Waals surface area contributed by atoms with Gasteiger partial charge in [0.1, 0.15) is 10.6 Å². The van der Waals surface area contributed by atoms with Crippen molar-refractivity contribution in [1.29, 1.82) is 0 Å². The Bertz CT molecular complexity index is 1670. The quantitative estimate of drug-likeness (QED) is 0.224. The van der Waals surface area contributed by atoms with Crippen LogP contribution in [0.3, 0.4) is 0 Å². The summed E-state index contributed by atoms with van der Waals surface area (Å²) in [5.41, 5.74) is 4.50. The second-order valence-corrected chi connectivity index (χ2v) is 11.8. The van der Waals surface area contributed by atoms with Gasteiger partial charge >= 0.3 is 0 Å². The molecule has 1 saturated heterocycles. The number of hydrogen-bond donors (Lipinski definition) is 1. The fourth-order valence-corrected chi connectivity index (χ4v) is 5.98. The Hall–Kier alpha value is -3.37. The van der Waals surface area contributed by atoms with Gasteiger partial charge in [0.15, 0.2) is 33.1 Å². The highest BCUT2D eigenvalue weighted by Crippen LogP contribution is 2.39. The van der Waals surface area contributed by atoms with Crippen LogP contribution in [0.15, 0.2) is 47.5 Å². The summed E-state index contributed by atoms with van der Waals surface area (Å²) in [7, 11) is -4.52. The van der Waals surface area contributed by atoms with Crippen LogP contribution in [0, 0.1) is 37.1 Å².